The lowest BCUT2D eigenvalue weighted by atomic mass is 9.86. The molecule has 0 aromatic carbocycles. The van der Waals surface area contributed by atoms with E-state index in [1.165, 1.54) is 25.7 Å². The molecule has 0 radical (unpaired) electrons. The van der Waals surface area contributed by atoms with Crippen molar-refractivity contribution in [3.8, 4) is 0 Å². The number of carbonyl (C=O) groups excluding carboxylic acids is 2. The van der Waals surface area contributed by atoms with E-state index in [0.717, 1.165) is 5.92 Å². The third kappa shape index (κ3) is 4.03. The van der Waals surface area contributed by atoms with Crippen LogP contribution in [0.15, 0.2) is 0 Å². The van der Waals surface area contributed by atoms with Gasteiger partial charge in [-0.15, -0.1) is 0 Å². The number of piperidine rings is 1. The molecule has 2 rings (SSSR count). The van der Waals surface area contributed by atoms with Gasteiger partial charge in [-0.05, 0) is 25.8 Å². The Labute approximate surface area is 116 Å². The molecule has 0 bridgehead atoms. The summed E-state index contributed by atoms with van der Waals surface area (Å²) in [6, 6.07) is 0.555. The first kappa shape index (κ1) is 14.5. The zero-order valence-electron chi connectivity index (χ0n) is 12.2. The molecule has 4 nitrogen and oxygen atoms in total. The second-order valence-corrected chi connectivity index (χ2v) is 6.26. The molecule has 108 valence electrons. The van der Waals surface area contributed by atoms with Gasteiger partial charge in [-0.1, -0.05) is 19.8 Å². The minimum atomic E-state index is 0.188. The maximum atomic E-state index is 12.2. The molecule has 1 aliphatic carbocycles. The molecule has 0 aromatic rings. The lowest BCUT2D eigenvalue weighted by Gasteiger charge is -2.35. The van der Waals surface area contributed by atoms with Gasteiger partial charge in [-0.2, -0.15) is 0 Å². The molecule has 0 spiro atoms. The second-order valence-electron chi connectivity index (χ2n) is 6.26. The SMILES string of the molecule is CC1CCCC(N(C)CC(=O)N2CCC(=O)CC2)C1. The van der Waals surface area contributed by atoms with Crippen LogP contribution in [0.1, 0.15) is 45.4 Å². The van der Waals surface area contributed by atoms with Crippen molar-refractivity contribution in [2.45, 2.75) is 51.5 Å². The molecular weight excluding hydrogens is 240 g/mol. The summed E-state index contributed by atoms with van der Waals surface area (Å²) in [5.74, 6) is 1.26. The lowest BCUT2D eigenvalue weighted by molar-refractivity contribution is -0.135. The molecule has 2 unspecified atom stereocenters. The first-order valence-corrected chi connectivity index (χ1v) is 7.56. The molecular formula is C15H26N2O2. The first-order valence-electron chi connectivity index (χ1n) is 7.56. The molecule has 1 saturated carbocycles. The van der Waals surface area contributed by atoms with Crippen LogP contribution in [-0.2, 0) is 9.59 Å². The fraction of sp³-hybridized carbons (Fsp3) is 0.867. The highest BCUT2D eigenvalue weighted by molar-refractivity contribution is 5.84. The summed E-state index contributed by atoms with van der Waals surface area (Å²) in [6.07, 6.45) is 6.11. The third-order valence-corrected chi connectivity index (χ3v) is 4.59. The van der Waals surface area contributed by atoms with Crippen LogP contribution in [0.4, 0.5) is 0 Å². The lowest BCUT2D eigenvalue weighted by Crippen LogP contribution is -2.46. The van der Waals surface area contributed by atoms with Gasteiger partial charge in [0, 0.05) is 32.0 Å². The maximum Gasteiger partial charge on any atom is 0.236 e. The summed E-state index contributed by atoms with van der Waals surface area (Å²) in [6.45, 7) is 4.04. The summed E-state index contributed by atoms with van der Waals surface area (Å²) in [5.41, 5.74) is 0. The summed E-state index contributed by atoms with van der Waals surface area (Å²) < 4.78 is 0. The average molecular weight is 266 g/mol. The predicted octanol–water partition coefficient (Wildman–Crippen LogP) is 1.69. The Morgan fingerprint density at radius 3 is 2.63 bits per heavy atom. The molecule has 2 aliphatic rings. The van der Waals surface area contributed by atoms with E-state index in [4.69, 9.17) is 0 Å². The molecule has 1 amide bonds. The van der Waals surface area contributed by atoms with Crippen molar-refractivity contribution in [3.63, 3.8) is 0 Å². The fourth-order valence-corrected chi connectivity index (χ4v) is 3.25. The van der Waals surface area contributed by atoms with Gasteiger partial charge in [0.2, 0.25) is 5.91 Å². The summed E-state index contributed by atoms with van der Waals surface area (Å²) >= 11 is 0. The van der Waals surface area contributed by atoms with Crippen molar-refractivity contribution in [1.29, 1.82) is 0 Å². The van der Waals surface area contributed by atoms with Crippen molar-refractivity contribution in [1.82, 2.24) is 9.80 Å². The fourth-order valence-electron chi connectivity index (χ4n) is 3.25. The van der Waals surface area contributed by atoms with Crippen molar-refractivity contribution in [2.24, 2.45) is 5.92 Å². The van der Waals surface area contributed by atoms with E-state index in [9.17, 15) is 9.59 Å². The summed E-state index contributed by atoms with van der Waals surface area (Å²) in [5, 5.41) is 0. The summed E-state index contributed by atoms with van der Waals surface area (Å²) in [4.78, 5) is 27.5. The van der Waals surface area contributed by atoms with Gasteiger partial charge in [0.05, 0.1) is 6.54 Å². The van der Waals surface area contributed by atoms with Gasteiger partial charge >= 0.3 is 0 Å². The second kappa shape index (κ2) is 6.51. The van der Waals surface area contributed by atoms with Gasteiger partial charge in [0.25, 0.3) is 0 Å². The number of Topliss-reactive ketones (excluding diaryl/α,β-unsaturated/α-hetero) is 1. The normalized spacial score (nSPS) is 28.8. The quantitative estimate of drug-likeness (QED) is 0.780. The molecule has 4 heteroatoms. The molecule has 0 N–H and O–H groups in total. The monoisotopic (exact) mass is 266 g/mol. The number of hydrogen-bond acceptors (Lipinski definition) is 3. The first-order chi connectivity index (χ1) is 9.06. The van der Waals surface area contributed by atoms with Crippen molar-refractivity contribution >= 4 is 11.7 Å². The van der Waals surface area contributed by atoms with Crippen LogP contribution in [0.25, 0.3) is 0 Å². The molecule has 0 aromatic heterocycles. The third-order valence-electron chi connectivity index (χ3n) is 4.59. The number of nitrogens with zero attached hydrogens (tertiary/aromatic N) is 2. The Bertz CT molecular complexity index is 333. The Kier molecular flexibility index (Phi) is 4.97. The smallest absolute Gasteiger partial charge is 0.236 e. The van der Waals surface area contributed by atoms with Crippen LogP contribution in [-0.4, -0.2) is 54.2 Å². The van der Waals surface area contributed by atoms with E-state index in [0.29, 0.717) is 44.3 Å². The van der Waals surface area contributed by atoms with Crippen molar-refractivity contribution < 1.29 is 9.59 Å². The number of amides is 1. The minimum Gasteiger partial charge on any atom is -0.341 e. The maximum absolute atomic E-state index is 12.2. The zero-order valence-corrected chi connectivity index (χ0v) is 12.2. The minimum absolute atomic E-state index is 0.188. The van der Waals surface area contributed by atoms with Gasteiger partial charge in [0.15, 0.2) is 0 Å². The number of carbonyl (C=O) groups is 2. The van der Waals surface area contributed by atoms with Crippen LogP contribution >= 0.6 is 0 Å². The highest BCUT2D eigenvalue weighted by Crippen LogP contribution is 2.26. The summed E-state index contributed by atoms with van der Waals surface area (Å²) in [7, 11) is 2.07. The predicted molar refractivity (Wildman–Crippen MR) is 74.9 cm³/mol. The van der Waals surface area contributed by atoms with Crippen LogP contribution in [0, 0.1) is 5.92 Å². The Morgan fingerprint density at radius 1 is 1.32 bits per heavy atom. The molecule has 2 fully saturated rings. The van der Waals surface area contributed by atoms with E-state index in [1.54, 1.807) is 0 Å². The number of hydrogen-bond donors (Lipinski definition) is 0. The Morgan fingerprint density at radius 2 is 2.00 bits per heavy atom. The Hall–Kier alpha value is -0.900. The van der Waals surface area contributed by atoms with Gasteiger partial charge in [-0.25, -0.2) is 0 Å². The van der Waals surface area contributed by atoms with Gasteiger partial charge in [-0.3, -0.25) is 14.5 Å². The van der Waals surface area contributed by atoms with E-state index < -0.39 is 0 Å². The van der Waals surface area contributed by atoms with E-state index in [2.05, 4.69) is 18.9 Å². The highest BCUT2D eigenvalue weighted by Gasteiger charge is 2.26. The van der Waals surface area contributed by atoms with Crippen LogP contribution < -0.4 is 0 Å². The average Bonchev–Trinajstić information content (AvgIpc) is 2.39. The molecule has 2 atom stereocenters. The Balaban J connectivity index is 1.79. The standard InChI is InChI=1S/C15H26N2O2/c1-12-4-3-5-13(10-12)16(2)11-15(19)17-8-6-14(18)7-9-17/h12-13H,3-11H2,1-2H3. The van der Waals surface area contributed by atoms with E-state index >= 15 is 0 Å². The van der Waals surface area contributed by atoms with E-state index in [-0.39, 0.29) is 5.91 Å². The van der Waals surface area contributed by atoms with Gasteiger partial charge in [0.1, 0.15) is 5.78 Å². The van der Waals surface area contributed by atoms with Crippen molar-refractivity contribution in [2.75, 3.05) is 26.7 Å². The number of likely N-dealkylation sites (tertiary alicyclic amines) is 1. The molecule has 1 aliphatic heterocycles. The van der Waals surface area contributed by atoms with E-state index in [1.807, 2.05) is 4.90 Å². The zero-order chi connectivity index (χ0) is 13.8. The highest BCUT2D eigenvalue weighted by atomic mass is 16.2. The molecule has 1 saturated heterocycles. The number of likely N-dealkylation sites (N-methyl/N-ethyl adjacent to an activating group) is 1. The van der Waals surface area contributed by atoms with Crippen molar-refractivity contribution in [3.05, 3.63) is 0 Å². The molecule has 1 heterocycles. The van der Waals surface area contributed by atoms with Crippen LogP contribution in [0.2, 0.25) is 0 Å². The largest absolute Gasteiger partial charge is 0.341 e. The van der Waals surface area contributed by atoms with Crippen LogP contribution in [0.3, 0.4) is 0 Å². The number of ketones is 1. The van der Waals surface area contributed by atoms with Gasteiger partial charge < -0.3 is 4.90 Å². The topological polar surface area (TPSA) is 40.6 Å². The number of rotatable bonds is 3. The molecule has 19 heavy (non-hydrogen) atoms. The van der Waals surface area contributed by atoms with Crippen LogP contribution in [0.5, 0.6) is 0 Å².